The van der Waals surface area contributed by atoms with E-state index in [9.17, 15) is 18.3 Å². The van der Waals surface area contributed by atoms with E-state index < -0.39 is 10.0 Å². The summed E-state index contributed by atoms with van der Waals surface area (Å²) in [4.78, 5) is 16.0. The van der Waals surface area contributed by atoms with Crippen LogP contribution in [-0.2, 0) is 26.7 Å². The molecule has 2 N–H and O–H groups in total. The van der Waals surface area contributed by atoms with Gasteiger partial charge in [0.1, 0.15) is 11.5 Å². The van der Waals surface area contributed by atoms with Crippen molar-refractivity contribution in [2.24, 2.45) is 11.3 Å². The monoisotopic (exact) mass is 512 g/mol. The van der Waals surface area contributed by atoms with Gasteiger partial charge in [0.05, 0.1) is 12.0 Å². The third kappa shape index (κ3) is 3.89. The second kappa shape index (κ2) is 8.77. The van der Waals surface area contributed by atoms with E-state index in [0.29, 0.717) is 43.7 Å². The third-order valence-corrected chi connectivity index (χ3v) is 10.9. The molecule has 1 heterocycles. The fourth-order valence-electron chi connectivity index (χ4n) is 6.79. The summed E-state index contributed by atoms with van der Waals surface area (Å²) in [6, 6.07) is 11.9. The SMILES string of the molecule is COc1cccc(S(=O)(=O)N[C@@H]2CC[C@@H](C(=O)N3CC[C@@]4(C)c5cccc(O)c5C[C@@H]3C4(C)C)C2)c1. The van der Waals surface area contributed by atoms with Gasteiger partial charge in [0.2, 0.25) is 15.9 Å². The zero-order valence-corrected chi connectivity index (χ0v) is 22.3. The van der Waals surface area contributed by atoms with Gasteiger partial charge in [0, 0.05) is 36.0 Å². The Morgan fingerprint density at radius 2 is 1.89 bits per heavy atom. The van der Waals surface area contributed by atoms with Crippen molar-refractivity contribution in [3.8, 4) is 11.5 Å². The lowest BCUT2D eigenvalue weighted by Gasteiger charge is -2.61. The smallest absolute Gasteiger partial charge is 0.240 e. The molecule has 0 unspecified atom stereocenters. The summed E-state index contributed by atoms with van der Waals surface area (Å²) < 4.78 is 33.9. The van der Waals surface area contributed by atoms with Crippen LogP contribution in [0.2, 0.25) is 0 Å². The number of phenols is 1. The van der Waals surface area contributed by atoms with Crippen LogP contribution >= 0.6 is 0 Å². The van der Waals surface area contributed by atoms with E-state index in [1.54, 1.807) is 24.3 Å². The van der Waals surface area contributed by atoms with Crippen molar-refractivity contribution >= 4 is 15.9 Å². The molecule has 3 aliphatic rings. The summed E-state index contributed by atoms with van der Waals surface area (Å²) in [6.07, 6.45) is 3.24. The molecule has 8 heteroatoms. The number of nitrogens with one attached hydrogen (secondary N) is 1. The Balaban J connectivity index is 1.32. The summed E-state index contributed by atoms with van der Waals surface area (Å²) in [7, 11) is -2.21. The number of hydrogen-bond donors (Lipinski definition) is 2. The molecule has 2 fully saturated rings. The molecule has 1 aliphatic heterocycles. The number of hydrogen-bond acceptors (Lipinski definition) is 5. The topological polar surface area (TPSA) is 95.9 Å². The Labute approximate surface area is 213 Å². The number of ether oxygens (including phenoxy) is 1. The molecule has 1 saturated heterocycles. The van der Waals surface area contributed by atoms with E-state index in [0.717, 1.165) is 12.0 Å². The molecule has 5 rings (SSSR count). The van der Waals surface area contributed by atoms with Crippen LogP contribution in [0.5, 0.6) is 11.5 Å². The summed E-state index contributed by atoms with van der Waals surface area (Å²) in [6.45, 7) is 7.42. The van der Waals surface area contributed by atoms with Gasteiger partial charge in [-0.1, -0.05) is 39.0 Å². The maximum absolute atomic E-state index is 13.8. The molecular formula is C28H36N2O5S. The van der Waals surface area contributed by atoms with Gasteiger partial charge in [-0.15, -0.1) is 0 Å². The quantitative estimate of drug-likeness (QED) is 0.632. The van der Waals surface area contributed by atoms with Gasteiger partial charge < -0.3 is 14.7 Å². The van der Waals surface area contributed by atoms with Gasteiger partial charge in [-0.2, -0.15) is 0 Å². The van der Waals surface area contributed by atoms with Gasteiger partial charge in [-0.25, -0.2) is 13.1 Å². The Morgan fingerprint density at radius 3 is 2.64 bits per heavy atom. The number of carbonyl (C=O) groups excluding carboxylic acids is 1. The molecule has 194 valence electrons. The van der Waals surface area contributed by atoms with Gasteiger partial charge in [-0.05, 0) is 66.8 Å². The van der Waals surface area contributed by atoms with Crippen LogP contribution in [0.4, 0.5) is 0 Å². The van der Waals surface area contributed by atoms with Crippen LogP contribution < -0.4 is 9.46 Å². The van der Waals surface area contributed by atoms with Crippen molar-refractivity contribution in [2.75, 3.05) is 13.7 Å². The minimum absolute atomic E-state index is 0.0166. The highest BCUT2D eigenvalue weighted by Crippen LogP contribution is 2.57. The highest BCUT2D eigenvalue weighted by atomic mass is 32.2. The van der Waals surface area contributed by atoms with Gasteiger partial charge in [-0.3, -0.25) is 4.79 Å². The Bertz CT molecular complexity index is 1290. The number of nitrogens with zero attached hydrogens (tertiary/aromatic N) is 1. The molecule has 2 aromatic carbocycles. The number of phenolic OH excluding ortho intramolecular Hbond substituents is 1. The molecule has 1 saturated carbocycles. The number of amides is 1. The molecule has 4 atom stereocenters. The van der Waals surface area contributed by atoms with Crippen LogP contribution in [-0.4, -0.2) is 50.1 Å². The molecule has 7 nitrogen and oxygen atoms in total. The van der Waals surface area contributed by atoms with E-state index in [2.05, 4.69) is 31.6 Å². The largest absolute Gasteiger partial charge is 0.508 e. The van der Waals surface area contributed by atoms with Crippen molar-refractivity contribution in [3.63, 3.8) is 0 Å². The number of piperidine rings is 1. The van der Waals surface area contributed by atoms with E-state index in [-0.39, 0.29) is 39.6 Å². The Morgan fingerprint density at radius 1 is 1.14 bits per heavy atom. The van der Waals surface area contributed by atoms with Crippen molar-refractivity contribution < 1.29 is 23.1 Å². The molecule has 2 aliphatic carbocycles. The summed E-state index contributed by atoms with van der Waals surface area (Å²) in [5.41, 5.74) is 1.86. The number of methoxy groups -OCH3 is 1. The molecule has 0 aromatic heterocycles. The first kappa shape index (κ1) is 25.1. The minimum Gasteiger partial charge on any atom is -0.508 e. The molecule has 2 bridgehead atoms. The minimum atomic E-state index is -3.71. The molecule has 0 spiro atoms. The maximum Gasteiger partial charge on any atom is 0.240 e. The molecule has 2 aromatic rings. The van der Waals surface area contributed by atoms with Crippen LogP contribution in [0.1, 0.15) is 57.6 Å². The number of aromatic hydroxyl groups is 1. The fourth-order valence-corrected chi connectivity index (χ4v) is 8.11. The molecule has 1 amide bonds. The van der Waals surface area contributed by atoms with Crippen molar-refractivity contribution in [1.29, 1.82) is 0 Å². The number of likely N-dealkylation sites (tertiary alicyclic amines) is 1. The standard InChI is InChI=1S/C28H36N2O5S/c1-27(2)25-17-22-23(9-6-10-24(22)31)28(27,3)13-14-30(25)26(32)18-11-12-19(15-18)29-36(33,34)21-8-5-7-20(16-21)35-4/h5-10,16,18-19,25,29,31H,11-15,17H2,1-4H3/t18-,19-,25-,28+/m1/s1. The van der Waals surface area contributed by atoms with E-state index >= 15 is 0 Å². The van der Waals surface area contributed by atoms with Gasteiger partial charge in [0.15, 0.2) is 0 Å². The van der Waals surface area contributed by atoms with Gasteiger partial charge in [0.25, 0.3) is 0 Å². The second-order valence-electron chi connectivity index (χ2n) is 11.4. The predicted octanol–water partition coefficient (Wildman–Crippen LogP) is 3.99. The zero-order valence-electron chi connectivity index (χ0n) is 21.5. The van der Waals surface area contributed by atoms with Crippen LogP contribution in [0.25, 0.3) is 0 Å². The number of rotatable bonds is 5. The van der Waals surface area contributed by atoms with E-state index in [4.69, 9.17) is 4.74 Å². The molecule has 0 radical (unpaired) electrons. The lowest BCUT2D eigenvalue weighted by molar-refractivity contribution is -0.148. The lowest BCUT2D eigenvalue weighted by Crippen LogP contribution is -2.65. The van der Waals surface area contributed by atoms with Crippen LogP contribution in [0.15, 0.2) is 47.4 Å². The number of sulfonamides is 1. The van der Waals surface area contributed by atoms with Crippen molar-refractivity contribution in [1.82, 2.24) is 9.62 Å². The number of benzene rings is 2. The highest BCUT2D eigenvalue weighted by molar-refractivity contribution is 7.89. The predicted molar refractivity (Wildman–Crippen MR) is 138 cm³/mol. The van der Waals surface area contributed by atoms with Crippen molar-refractivity contribution in [3.05, 3.63) is 53.6 Å². The average molecular weight is 513 g/mol. The zero-order chi connectivity index (χ0) is 25.9. The molecule has 36 heavy (non-hydrogen) atoms. The summed E-state index contributed by atoms with van der Waals surface area (Å²) >= 11 is 0. The second-order valence-corrected chi connectivity index (χ2v) is 13.1. The average Bonchev–Trinajstić information content (AvgIpc) is 3.29. The molecular weight excluding hydrogens is 476 g/mol. The first-order chi connectivity index (χ1) is 17.0. The Kier molecular flexibility index (Phi) is 6.11. The summed E-state index contributed by atoms with van der Waals surface area (Å²) in [5.74, 6) is 0.685. The first-order valence-electron chi connectivity index (χ1n) is 12.8. The van der Waals surface area contributed by atoms with Gasteiger partial charge >= 0.3 is 0 Å². The third-order valence-electron chi connectivity index (χ3n) is 9.37. The Hall–Kier alpha value is -2.58. The van der Waals surface area contributed by atoms with E-state index in [1.165, 1.54) is 18.7 Å². The lowest BCUT2D eigenvalue weighted by atomic mass is 9.51. The van der Waals surface area contributed by atoms with E-state index in [1.807, 2.05) is 11.0 Å². The number of carbonyl (C=O) groups is 1. The summed E-state index contributed by atoms with van der Waals surface area (Å²) in [5, 5.41) is 10.6. The van der Waals surface area contributed by atoms with Crippen LogP contribution in [0.3, 0.4) is 0 Å². The first-order valence-corrected chi connectivity index (χ1v) is 14.2. The fraction of sp³-hybridized carbons (Fsp3) is 0.536. The highest BCUT2D eigenvalue weighted by Gasteiger charge is 2.57. The van der Waals surface area contributed by atoms with Crippen molar-refractivity contribution in [2.45, 2.75) is 75.3 Å². The number of fused-ring (bicyclic) bond motifs is 4. The normalized spacial score (nSPS) is 29.0. The van der Waals surface area contributed by atoms with Crippen LogP contribution in [0, 0.1) is 11.3 Å². The maximum atomic E-state index is 13.8.